The summed E-state index contributed by atoms with van der Waals surface area (Å²) in [5.74, 6) is -1.70. The minimum absolute atomic E-state index is 0. The summed E-state index contributed by atoms with van der Waals surface area (Å²) < 4.78 is 10.00. The first kappa shape index (κ1) is 11.0. The average Bonchev–Trinajstić information content (AvgIpc) is 2.10. The Balaban J connectivity index is 0.000001000. The molecule has 0 unspecified atom stereocenters. The van der Waals surface area contributed by atoms with E-state index in [1.165, 1.54) is 0 Å². The van der Waals surface area contributed by atoms with Crippen LogP contribution in [0.4, 0.5) is 0 Å². The molecule has 60 valence electrons. The summed E-state index contributed by atoms with van der Waals surface area (Å²) in [6.45, 7) is 3.52. The molecular weight excluding hydrogens is 143 g/mol. The van der Waals surface area contributed by atoms with E-state index in [0.29, 0.717) is 0 Å². The molecule has 1 atom stereocenters. The van der Waals surface area contributed by atoms with Crippen LogP contribution in [0.2, 0.25) is 0 Å². The second-order valence-electron chi connectivity index (χ2n) is 2.66. The zero-order valence-electron chi connectivity index (χ0n) is 5.96. The van der Waals surface area contributed by atoms with Crippen molar-refractivity contribution < 1.29 is 19.4 Å². The van der Waals surface area contributed by atoms with Crippen LogP contribution < -0.4 is 0 Å². The van der Waals surface area contributed by atoms with Gasteiger partial charge in [0, 0.05) is 0 Å². The van der Waals surface area contributed by atoms with E-state index < -0.39 is 17.9 Å². The molecule has 0 aromatic carbocycles. The Kier molecular flexibility index (Phi) is 3.59. The van der Waals surface area contributed by atoms with Crippen molar-refractivity contribution >= 4 is 24.8 Å². The van der Waals surface area contributed by atoms with E-state index in [-0.39, 0.29) is 25.5 Å². The summed E-state index contributed by atoms with van der Waals surface area (Å²) in [5, 5.41) is 8.44. The third-order valence-corrected chi connectivity index (χ3v) is 1.28. The van der Waals surface area contributed by atoms with Crippen LogP contribution in [0.3, 0.4) is 0 Å². The number of hydrogen-bond acceptors (Lipinski definition) is 3. The Labute approximate surface area is 77.0 Å². The number of carboxylic acids is 1. The normalized spacial score (nSPS) is 27.6. The van der Waals surface area contributed by atoms with E-state index in [1.54, 1.807) is 13.8 Å². The van der Waals surface area contributed by atoms with E-state index in [4.69, 9.17) is 14.6 Å². The van der Waals surface area contributed by atoms with Gasteiger partial charge in [-0.3, -0.25) is 0 Å². The van der Waals surface area contributed by atoms with Crippen LogP contribution in [0, 0.1) is 0 Å². The van der Waals surface area contributed by atoms with Crippen molar-refractivity contribution in [3.05, 3.63) is 0 Å². The molecule has 1 fully saturated rings. The molecule has 0 aliphatic carbocycles. The molecule has 1 aliphatic rings. The molecule has 1 heterocycles. The minimum atomic E-state index is -0.967. The van der Waals surface area contributed by atoms with Crippen molar-refractivity contribution in [2.75, 3.05) is 6.61 Å². The van der Waals surface area contributed by atoms with Gasteiger partial charge in [-0.2, -0.15) is 0 Å². The van der Waals surface area contributed by atoms with Gasteiger partial charge in [-0.1, -0.05) is 0 Å². The zero-order chi connectivity index (χ0) is 7.78. The molecule has 0 spiro atoms. The summed E-state index contributed by atoms with van der Waals surface area (Å²) in [5.41, 5.74) is 0. The van der Waals surface area contributed by atoms with Crippen molar-refractivity contribution in [3.63, 3.8) is 0 Å². The molecular formula is C6H11LiO4. The van der Waals surface area contributed by atoms with Crippen LogP contribution in [0.1, 0.15) is 13.8 Å². The molecule has 1 aliphatic heterocycles. The third-order valence-electron chi connectivity index (χ3n) is 1.28. The molecule has 1 N–H and O–H groups in total. The van der Waals surface area contributed by atoms with Crippen LogP contribution >= 0.6 is 0 Å². The van der Waals surface area contributed by atoms with Crippen LogP contribution in [-0.4, -0.2) is 48.4 Å². The van der Waals surface area contributed by atoms with Gasteiger partial charge >= 0.3 is 24.8 Å². The first-order chi connectivity index (χ1) is 4.51. The van der Waals surface area contributed by atoms with E-state index in [0.717, 1.165) is 0 Å². The summed E-state index contributed by atoms with van der Waals surface area (Å²) >= 11 is 0. The predicted molar refractivity (Wildman–Crippen MR) is 39.7 cm³/mol. The molecule has 0 amide bonds. The number of ether oxygens (including phenoxy) is 2. The summed E-state index contributed by atoms with van der Waals surface area (Å²) in [6, 6.07) is 0. The van der Waals surface area contributed by atoms with Gasteiger partial charge in [0.2, 0.25) is 0 Å². The number of hydrogen-bond donors (Lipinski definition) is 1. The van der Waals surface area contributed by atoms with E-state index in [9.17, 15) is 4.79 Å². The van der Waals surface area contributed by atoms with Gasteiger partial charge in [-0.25, -0.2) is 4.79 Å². The molecule has 0 bridgehead atoms. The van der Waals surface area contributed by atoms with Crippen LogP contribution in [0.25, 0.3) is 0 Å². The second kappa shape index (κ2) is 3.59. The fourth-order valence-corrected chi connectivity index (χ4v) is 0.809. The molecule has 1 saturated heterocycles. The summed E-state index contributed by atoms with van der Waals surface area (Å²) in [4.78, 5) is 10.3. The number of rotatable bonds is 1. The Morgan fingerprint density at radius 2 is 2.18 bits per heavy atom. The quantitative estimate of drug-likeness (QED) is 0.521. The predicted octanol–water partition coefficient (Wildman–Crippen LogP) is -0.426. The molecule has 0 aromatic rings. The molecule has 11 heavy (non-hydrogen) atoms. The maximum absolute atomic E-state index is 10.3. The van der Waals surface area contributed by atoms with Gasteiger partial charge in [-0.05, 0) is 13.8 Å². The van der Waals surface area contributed by atoms with Crippen LogP contribution in [0.15, 0.2) is 0 Å². The molecule has 1 rings (SSSR count). The van der Waals surface area contributed by atoms with E-state index in [1.807, 2.05) is 0 Å². The average molecular weight is 154 g/mol. The van der Waals surface area contributed by atoms with Gasteiger partial charge in [0.1, 0.15) is 0 Å². The second-order valence-corrected chi connectivity index (χ2v) is 2.66. The number of carbonyl (C=O) groups is 1. The molecule has 0 radical (unpaired) electrons. The number of carboxylic acid groups (broad SMARTS) is 1. The Morgan fingerprint density at radius 1 is 1.64 bits per heavy atom. The number of aliphatic carboxylic acids is 1. The summed E-state index contributed by atoms with van der Waals surface area (Å²) in [6.07, 6.45) is -0.796. The van der Waals surface area contributed by atoms with Crippen molar-refractivity contribution in [1.29, 1.82) is 0 Å². The molecule has 0 aromatic heterocycles. The Morgan fingerprint density at radius 3 is 2.36 bits per heavy atom. The standard InChI is InChI=1S/C6H10O4.Li.H/c1-6(2)9-3-4(10-6)5(7)8;;/h4H,3H2,1-2H3,(H,7,8);;/t4-;;/m1../s1. The Bertz CT molecular complexity index is 157. The van der Waals surface area contributed by atoms with Gasteiger partial charge < -0.3 is 14.6 Å². The summed E-state index contributed by atoms with van der Waals surface area (Å²) in [7, 11) is 0. The van der Waals surface area contributed by atoms with Crippen molar-refractivity contribution in [2.24, 2.45) is 0 Å². The first-order valence-corrected chi connectivity index (χ1v) is 3.06. The molecule has 5 heteroatoms. The molecule has 0 saturated carbocycles. The first-order valence-electron chi connectivity index (χ1n) is 3.06. The van der Waals surface area contributed by atoms with Gasteiger partial charge in [0.05, 0.1) is 6.61 Å². The SMILES string of the molecule is CC1(C)OC[C@H](C(=O)O)O1.[LiH]. The van der Waals surface area contributed by atoms with Gasteiger partial charge in [-0.15, -0.1) is 0 Å². The fourth-order valence-electron chi connectivity index (χ4n) is 0.809. The van der Waals surface area contributed by atoms with Crippen molar-refractivity contribution in [1.82, 2.24) is 0 Å². The third kappa shape index (κ3) is 2.84. The Hall–Kier alpha value is -0.0126. The zero-order valence-corrected chi connectivity index (χ0v) is 5.96. The van der Waals surface area contributed by atoms with Crippen LogP contribution in [0.5, 0.6) is 0 Å². The van der Waals surface area contributed by atoms with Crippen molar-refractivity contribution in [3.8, 4) is 0 Å². The van der Waals surface area contributed by atoms with Gasteiger partial charge in [0.25, 0.3) is 0 Å². The molecule has 4 nitrogen and oxygen atoms in total. The topological polar surface area (TPSA) is 55.8 Å². The van der Waals surface area contributed by atoms with Crippen molar-refractivity contribution in [2.45, 2.75) is 25.7 Å². The van der Waals surface area contributed by atoms with Gasteiger partial charge in [0.15, 0.2) is 11.9 Å². The van der Waals surface area contributed by atoms with E-state index >= 15 is 0 Å². The van der Waals surface area contributed by atoms with E-state index in [2.05, 4.69) is 0 Å². The van der Waals surface area contributed by atoms with Crippen LogP contribution in [-0.2, 0) is 14.3 Å². The maximum atomic E-state index is 10.3. The fraction of sp³-hybridized carbons (Fsp3) is 0.833. The monoisotopic (exact) mass is 154 g/mol.